The number of carbonyl (C=O) groups is 1. The number of carboxylic acids is 1. The van der Waals surface area contributed by atoms with Crippen LogP contribution < -0.4 is 0 Å². The molecule has 1 aromatic heterocycles. The average Bonchev–Trinajstić information content (AvgIpc) is 2.89. The Hall–Kier alpha value is -1.46. The summed E-state index contributed by atoms with van der Waals surface area (Å²) in [5, 5.41) is 11.0. The summed E-state index contributed by atoms with van der Waals surface area (Å²) in [4.78, 5) is 12.6. The minimum atomic E-state index is -1.27. The molecule has 0 aliphatic rings. The summed E-state index contributed by atoms with van der Waals surface area (Å²) >= 11 is 1.62. The van der Waals surface area contributed by atoms with E-state index in [9.17, 15) is 9.00 Å². The first kappa shape index (κ1) is 13.0. The second kappa shape index (κ2) is 5.93. The molecule has 2 rings (SSSR count). The number of thiophene rings is 1. The van der Waals surface area contributed by atoms with E-state index in [1.54, 1.807) is 29.5 Å². The van der Waals surface area contributed by atoms with Crippen LogP contribution in [0.3, 0.4) is 0 Å². The van der Waals surface area contributed by atoms with Crippen LogP contribution in [-0.2, 0) is 17.2 Å². The van der Waals surface area contributed by atoms with Crippen molar-refractivity contribution in [1.82, 2.24) is 0 Å². The third-order valence-electron chi connectivity index (χ3n) is 2.48. The largest absolute Gasteiger partial charge is 0.478 e. The van der Waals surface area contributed by atoms with Crippen LogP contribution in [0.4, 0.5) is 0 Å². The molecular weight excluding hydrogens is 268 g/mol. The number of benzene rings is 1. The van der Waals surface area contributed by atoms with Crippen molar-refractivity contribution in [3.05, 3.63) is 52.2 Å². The zero-order valence-corrected chi connectivity index (χ0v) is 11.2. The molecule has 1 heterocycles. The average molecular weight is 280 g/mol. The molecule has 0 aliphatic heterocycles. The zero-order chi connectivity index (χ0) is 13.0. The van der Waals surface area contributed by atoms with E-state index in [2.05, 4.69) is 0 Å². The van der Waals surface area contributed by atoms with Crippen LogP contribution >= 0.6 is 11.3 Å². The summed E-state index contributed by atoms with van der Waals surface area (Å²) in [6.07, 6.45) is 0.707. The molecule has 1 N–H and O–H groups in total. The maximum Gasteiger partial charge on any atom is 0.336 e. The van der Waals surface area contributed by atoms with E-state index in [1.165, 1.54) is 6.07 Å². The molecule has 3 nitrogen and oxygen atoms in total. The van der Waals surface area contributed by atoms with Gasteiger partial charge < -0.3 is 5.11 Å². The molecule has 94 valence electrons. The molecule has 1 unspecified atom stereocenters. The molecule has 18 heavy (non-hydrogen) atoms. The summed E-state index contributed by atoms with van der Waals surface area (Å²) in [5.41, 5.74) is 0.127. The number of aromatic carboxylic acids is 1. The number of aryl methyl sites for hydroxylation is 1. The molecular formula is C13H12O3S2. The number of hydrogen-bond acceptors (Lipinski definition) is 3. The van der Waals surface area contributed by atoms with Crippen molar-refractivity contribution in [3.8, 4) is 0 Å². The zero-order valence-electron chi connectivity index (χ0n) is 9.54. The predicted octanol–water partition coefficient (Wildman–Crippen LogP) is 2.80. The van der Waals surface area contributed by atoms with Gasteiger partial charge >= 0.3 is 5.97 Å². The fourth-order valence-corrected chi connectivity index (χ4v) is 3.69. The molecule has 0 fully saturated rings. The SMILES string of the molecule is O=C(O)c1ccccc1S(=O)CCc1cccs1. The Balaban J connectivity index is 2.11. The molecule has 1 atom stereocenters. The van der Waals surface area contributed by atoms with Crippen molar-refractivity contribution >= 4 is 28.1 Å². The number of hydrogen-bond donors (Lipinski definition) is 1. The van der Waals surface area contributed by atoms with Crippen molar-refractivity contribution in [2.45, 2.75) is 11.3 Å². The lowest BCUT2D eigenvalue weighted by atomic mass is 10.2. The minimum absolute atomic E-state index is 0.127. The molecule has 5 heteroatoms. The topological polar surface area (TPSA) is 54.4 Å². The first-order valence-electron chi connectivity index (χ1n) is 5.41. The Morgan fingerprint density at radius 2 is 2.00 bits per heavy atom. The lowest BCUT2D eigenvalue weighted by Gasteiger charge is -2.05. The highest BCUT2D eigenvalue weighted by Crippen LogP contribution is 2.16. The predicted molar refractivity (Wildman–Crippen MR) is 72.7 cm³/mol. The lowest BCUT2D eigenvalue weighted by molar-refractivity contribution is 0.0693. The van der Waals surface area contributed by atoms with Gasteiger partial charge in [-0.1, -0.05) is 18.2 Å². The van der Waals surface area contributed by atoms with Gasteiger partial charge in [-0.25, -0.2) is 4.79 Å². The van der Waals surface area contributed by atoms with Gasteiger partial charge in [0.25, 0.3) is 0 Å². The molecule has 2 aromatic rings. The third-order valence-corrected chi connectivity index (χ3v) is 4.83. The van der Waals surface area contributed by atoms with E-state index in [1.807, 2.05) is 17.5 Å². The van der Waals surface area contributed by atoms with Crippen LogP contribution in [0.15, 0.2) is 46.7 Å². The number of carboxylic acid groups (broad SMARTS) is 1. The van der Waals surface area contributed by atoms with E-state index < -0.39 is 16.8 Å². The van der Waals surface area contributed by atoms with Gasteiger partial charge in [0.1, 0.15) is 0 Å². The van der Waals surface area contributed by atoms with Gasteiger partial charge in [0.15, 0.2) is 0 Å². The van der Waals surface area contributed by atoms with Gasteiger partial charge in [0.05, 0.1) is 21.3 Å². The van der Waals surface area contributed by atoms with Crippen molar-refractivity contribution in [1.29, 1.82) is 0 Å². The molecule has 0 amide bonds. The van der Waals surface area contributed by atoms with Crippen molar-refractivity contribution in [2.75, 3.05) is 5.75 Å². The van der Waals surface area contributed by atoms with Gasteiger partial charge in [0, 0.05) is 10.6 Å². The highest BCUT2D eigenvalue weighted by Gasteiger charge is 2.14. The van der Waals surface area contributed by atoms with Crippen LogP contribution in [0.2, 0.25) is 0 Å². The minimum Gasteiger partial charge on any atom is -0.478 e. The monoisotopic (exact) mass is 280 g/mol. The Bertz CT molecular complexity index is 561. The molecule has 0 radical (unpaired) electrons. The van der Waals surface area contributed by atoms with Crippen LogP contribution in [-0.4, -0.2) is 21.0 Å². The fourth-order valence-electron chi connectivity index (χ4n) is 1.60. The summed E-state index contributed by atoms with van der Waals surface area (Å²) in [7, 11) is -1.27. The molecule has 1 aromatic carbocycles. The van der Waals surface area contributed by atoms with Crippen molar-refractivity contribution < 1.29 is 14.1 Å². The van der Waals surface area contributed by atoms with Crippen LogP contribution in [0.1, 0.15) is 15.2 Å². The quantitative estimate of drug-likeness (QED) is 0.916. The Morgan fingerprint density at radius 3 is 2.67 bits per heavy atom. The number of rotatable bonds is 5. The Kier molecular flexibility index (Phi) is 4.28. The maximum absolute atomic E-state index is 12.1. The molecule has 0 saturated heterocycles. The van der Waals surface area contributed by atoms with E-state index >= 15 is 0 Å². The van der Waals surface area contributed by atoms with Crippen LogP contribution in [0, 0.1) is 0 Å². The van der Waals surface area contributed by atoms with Crippen molar-refractivity contribution in [3.63, 3.8) is 0 Å². The first-order valence-corrected chi connectivity index (χ1v) is 7.61. The van der Waals surface area contributed by atoms with E-state index in [-0.39, 0.29) is 5.56 Å². The van der Waals surface area contributed by atoms with Crippen molar-refractivity contribution in [2.24, 2.45) is 0 Å². The van der Waals surface area contributed by atoms with Crippen LogP contribution in [0.25, 0.3) is 0 Å². The van der Waals surface area contributed by atoms with E-state index in [4.69, 9.17) is 5.11 Å². The second-order valence-corrected chi connectivity index (χ2v) is 6.25. The Labute approximate surface area is 112 Å². The summed E-state index contributed by atoms with van der Waals surface area (Å²) in [5.74, 6) is -0.583. The summed E-state index contributed by atoms with van der Waals surface area (Å²) in [6.45, 7) is 0. The maximum atomic E-state index is 12.1. The van der Waals surface area contributed by atoms with Gasteiger partial charge in [-0.2, -0.15) is 0 Å². The third kappa shape index (κ3) is 3.05. The lowest BCUT2D eigenvalue weighted by Crippen LogP contribution is -2.07. The molecule has 0 aliphatic carbocycles. The highest BCUT2D eigenvalue weighted by molar-refractivity contribution is 7.85. The fraction of sp³-hybridized carbons (Fsp3) is 0.154. The van der Waals surface area contributed by atoms with Gasteiger partial charge in [-0.15, -0.1) is 11.3 Å². The first-order chi connectivity index (χ1) is 8.68. The van der Waals surface area contributed by atoms with Crippen LogP contribution in [0.5, 0.6) is 0 Å². The second-order valence-electron chi connectivity index (χ2n) is 3.68. The highest BCUT2D eigenvalue weighted by atomic mass is 32.2. The summed E-state index contributed by atoms with van der Waals surface area (Å²) < 4.78 is 12.1. The normalized spacial score (nSPS) is 12.2. The molecule has 0 saturated carbocycles. The standard InChI is InChI=1S/C13H12O3S2/c14-13(15)11-5-1-2-6-12(11)18(16)9-7-10-4-3-8-17-10/h1-6,8H,7,9H2,(H,14,15). The van der Waals surface area contributed by atoms with Gasteiger partial charge in [0.2, 0.25) is 0 Å². The van der Waals surface area contributed by atoms with Gasteiger partial charge in [-0.3, -0.25) is 4.21 Å². The van der Waals surface area contributed by atoms with Gasteiger partial charge in [-0.05, 0) is 30.0 Å². The smallest absolute Gasteiger partial charge is 0.336 e. The van der Waals surface area contributed by atoms with E-state index in [0.29, 0.717) is 17.1 Å². The van der Waals surface area contributed by atoms with E-state index in [0.717, 1.165) is 4.88 Å². The Morgan fingerprint density at radius 1 is 1.22 bits per heavy atom. The molecule has 0 spiro atoms. The molecule has 0 bridgehead atoms. The summed E-state index contributed by atoms with van der Waals surface area (Å²) in [6, 6.07) is 10.4.